The summed E-state index contributed by atoms with van der Waals surface area (Å²) in [6, 6.07) is 4.03. The standard InChI is InChI=1S/C14H22ClNOS/c1-2-11(16)14(12-7-8-13(15)18-12)17-9-10-5-3-4-6-10/h7-8,10-11,14H,2-6,9,16H2,1H3. The van der Waals surface area contributed by atoms with E-state index in [1.165, 1.54) is 25.7 Å². The molecule has 4 heteroatoms. The minimum Gasteiger partial charge on any atom is -0.371 e. The molecular formula is C14H22ClNOS. The maximum absolute atomic E-state index is 6.18. The first kappa shape index (κ1) is 14.3. The number of rotatable bonds is 6. The normalized spacial score (nSPS) is 20.2. The van der Waals surface area contributed by atoms with Gasteiger partial charge in [0.05, 0.1) is 10.9 Å². The van der Waals surface area contributed by atoms with E-state index < -0.39 is 0 Å². The summed E-state index contributed by atoms with van der Waals surface area (Å²) in [6.07, 6.45) is 6.24. The largest absolute Gasteiger partial charge is 0.371 e. The molecule has 0 aliphatic heterocycles. The molecule has 1 saturated carbocycles. The van der Waals surface area contributed by atoms with Gasteiger partial charge in [-0.2, -0.15) is 0 Å². The molecular weight excluding hydrogens is 266 g/mol. The average molecular weight is 288 g/mol. The molecule has 102 valence electrons. The summed E-state index contributed by atoms with van der Waals surface area (Å²) in [4.78, 5) is 1.16. The first-order chi connectivity index (χ1) is 8.70. The van der Waals surface area contributed by atoms with Crippen molar-refractivity contribution in [1.82, 2.24) is 0 Å². The third-order valence-corrected chi connectivity index (χ3v) is 5.01. The van der Waals surface area contributed by atoms with Crippen LogP contribution in [0.25, 0.3) is 0 Å². The highest BCUT2D eigenvalue weighted by Crippen LogP contribution is 2.33. The summed E-state index contributed by atoms with van der Waals surface area (Å²) in [5.41, 5.74) is 6.18. The van der Waals surface area contributed by atoms with Crippen LogP contribution in [0.15, 0.2) is 12.1 Å². The SMILES string of the molecule is CCC(N)C(OCC1CCCC1)c1ccc(Cl)s1. The van der Waals surface area contributed by atoms with Crippen molar-refractivity contribution < 1.29 is 4.74 Å². The van der Waals surface area contributed by atoms with Crippen molar-refractivity contribution in [3.8, 4) is 0 Å². The minimum absolute atomic E-state index is 0.00750. The van der Waals surface area contributed by atoms with Gasteiger partial charge in [0, 0.05) is 10.9 Å². The smallest absolute Gasteiger partial charge is 0.107 e. The zero-order chi connectivity index (χ0) is 13.0. The number of nitrogens with two attached hydrogens (primary N) is 1. The lowest BCUT2D eigenvalue weighted by Gasteiger charge is -2.24. The molecule has 0 bridgehead atoms. The van der Waals surface area contributed by atoms with Crippen molar-refractivity contribution in [2.45, 2.75) is 51.2 Å². The summed E-state index contributed by atoms with van der Waals surface area (Å²) < 4.78 is 6.91. The number of thiophene rings is 1. The molecule has 2 N–H and O–H groups in total. The lowest BCUT2D eigenvalue weighted by Crippen LogP contribution is -2.30. The predicted octanol–water partition coefficient (Wildman–Crippen LogP) is 4.39. The van der Waals surface area contributed by atoms with E-state index in [2.05, 4.69) is 6.92 Å². The first-order valence-electron chi connectivity index (χ1n) is 6.83. The number of hydrogen-bond donors (Lipinski definition) is 1. The lowest BCUT2D eigenvalue weighted by molar-refractivity contribution is 0.0148. The molecule has 1 aliphatic rings. The van der Waals surface area contributed by atoms with Crippen LogP contribution in [-0.2, 0) is 4.74 Å². The fraction of sp³-hybridized carbons (Fsp3) is 0.714. The fourth-order valence-corrected chi connectivity index (χ4v) is 3.72. The van der Waals surface area contributed by atoms with E-state index in [0.29, 0.717) is 0 Å². The van der Waals surface area contributed by atoms with Gasteiger partial charge in [0.2, 0.25) is 0 Å². The summed E-state index contributed by atoms with van der Waals surface area (Å²) in [7, 11) is 0. The Balaban J connectivity index is 1.96. The molecule has 0 amide bonds. The van der Waals surface area contributed by atoms with Crippen molar-refractivity contribution in [1.29, 1.82) is 0 Å². The summed E-state index contributed by atoms with van der Waals surface area (Å²) in [5.74, 6) is 0.729. The van der Waals surface area contributed by atoms with Crippen molar-refractivity contribution in [2.75, 3.05) is 6.61 Å². The van der Waals surface area contributed by atoms with Gasteiger partial charge in [0.15, 0.2) is 0 Å². The van der Waals surface area contributed by atoms with Gasteiger partial charge in [-0.15, -0.1) is 11.3 Å². The molecule has 0 saturated heterocycles. The molecule has 18 heavy (non-hydrogen) atoms. The third-order valence-electron chi connectivity index (χ3n) is 3.72. The quantitative estimate of drug-likeness (QED) is 0.842. The molecule has 2 atom stereocenters. The van der Waals surface area contributed by atoms with Gasteiger partial charge in [0.1, 0.15) is 6.10 Å². The van der Waals surface area contributed by atoms with E-state index in [1.807, 2.05) is 12.1 Å². The predicted molar refractivity (Wildman–Crippen MR) is 78.2 cm³/mol. The molecule has 2 rings (SSSR count). The second kappa shape index (κ2) is 6.90. The van der Waals surface area contributed by atoms with Gasteiger partial charge in [-0.3, -0.25) is 0 Å². The highest BCUT2D eigenvalue weighted by atomic mass is 35.5. The Morgan fingerprint density at radius 2 is 2.17 bits per heavy atom. The van der Waals surface area contributed by atoms with Crippen LogP contribution in [0.5, 0.6) is 0 Å². The summed E-state index contributed by atoms with van der Waals surface area (Å²) in [6.45, 7) is 2.94. The van der Waals surface area contributed by atoms with Crippen LogP contribution in [0.1, 0.15) is 50.0 Å². The van der Waals surface area contributed by atoms with Crippen molar-refractivity contribution in [3.05, 3.63) is 21.3 Å². The van der Waals surface area contributed by atoms with Crippen molar-refractivity contribution in [2.24, 2.45) is 11.7 Å². The highest BCUT2D eigenvalue weighted by molar-refractivity contribution is 7.16. The molecule has 2 unspecified atom stereocenters. The van der Waals surface area contributed by atoms with Crippen LogP contribution in [0.2, 0.25) is 4.34 Å². The topological polar surface area (TPSA) is 35.2 Å². The molecule has 1 aromatic rings. The van der Waals surface area contributed by atoms with Gasteiger partial charge in [-0.05, 0) is 37.3 Å². The van der Waals surface area contributed by atoms with Gasteiger partial charge in [-0.1, -0.05) is 31.4 Å². The summed E-state index contributed by atoms with van der Waals surface area (Å²) >= 11 is 7.58. The van der Waals surface area contributed by atoms with Crippen LogP contribution in [0, 0.1) is 5.92 Å². The maximum atomic E-state index is 6.18. The van der Waals surface area contributed by atoms with Gasteiger partial charge < -0.3 is 10.5 Å². The van der Waals surface area contributed by atoms with Crippen molar-refractivity contribution >= 4 is 22.9 Å². The molecule has 0 aromatic carbocycles. The average Bonchev–Trinajstić information content (AvgIpc) is 3.01. The van der Waals surface area contributed by atoms with E-state index in [1.54, 1.807) is 11.3 Å². The molecule has 2 nitrogen and oxygen atoms in total. The third kappa shape index (κ3) is 3.70. The van der Waals surface area contributed by atoms with Crippen molar-refractivity contribution in [3.63, 3.8) is 0 Å². The zero-order valence-corrected chi connectivity index (χ0v) is 12.5. The highest BCUT2D eigenvalue weighted by Gasteiger charge is 2.23. The van der Waals surface area contributed by atoms with Gasteiger partial charge >= 0.3 is 0 Å². The lowest BCUT2D eigenvalue weighted by atomic mass is 10.1. The first-order valence-corrected chi connectivity index (χ1v) is 8.02. The monoisotopic (exact) mass is 287 g/mol. The Hall–Kier alpha value is -0.0900. The summed E-state index contributed by atoms with van der Waals surface area (Å²) in [5, 5.41) is 0. The van der Waals surface area contributed by atoms with E-state index in [0.717, 1.165) is 28.2 Å². The van der Waals surface area contributed by atoms with Crippen LogP contribution < -0.4 is 5.73 Å². The second-order valence-electron chi connectivity index (χ2n) is 5.12. The van der Waals surface area contributed by atoms with E-state index >= 15 is 0 Å². The second-order valence-corrected chi connectivity index (χ2v) is 6.87. The molecule has 1 aliphatic carbocycles. The Kier molecular flexibility index (Phi) is 5.49. The minimum atomic E-state index is 0.00750. The van der Waals surface area contributed by atoms with Gasteiger partial charge in [-0.25, -0.2) is 0 Å². The molecule has 1 aromatic heterocycles. The fourth-order valence-electron chi connectivity index (χ4n) is 2.53. The Morgan fingerprint density at radius 3 is 2.72 bits per heavy atom. The van der Waals surface area contributed by atoms with Crippen LogP contribution in [0.4, 0.5) is 0 Å². The van der Waals surface area contributed by atoms with Gasteiger partial charge in [0.25, 0.3) is 0 Å². The Labute approximate surface area is 118 Å². The molecule has 0 radical (unpaired) electrons. The van der Waals surface area contributed by atoms with Crippen LogP contribution >= 0.6 is 22.9 Å². The van der Waals surface area contributed by atoms with E-state index in [-0.39, 0.29) is 12.1 Å². The molecule has 0 spiro atoms. The molecule has 1 fully saturated rings. The Bertz CT molecular complexity index is 362. The van der Waals surface area contributed by atoms with E-state index in [4.69, 9.17) is 22.1 Å². The maximum Gasteiger partial charge on any atom is 0.107 e. The van der Waals surface area contributed by atoms with Crippen LogP contribution in [-0.4, -0.2) is 12.6 Å². The number of hydrogen-bond acceptors (Lipinski definition) is 3. The van der Waals surface area contributed by atoms with Crippen LogP contribution in [0.3, 0.4) is 0 Å². The number of halogens is 1. The van der Waals surface area contributed by atoms with E-state index in [9.17, 15) is 0 Å². The Morgan fingerprint density at radius 1 is 1.44 bits per heavy atom. The number of ether oxygens (including phenoxy) is 1. The molecule has 1 heterocycles. The zero-order valence-electron chi connectivity index (χ0n) is 10.9.